The minimum Gasteiger partial charge on any atom is -0.455 e. The number of fused-ring (bicyclic) bond motifs is 8. The van der Waals surface area contributed by atoms with E-state index in [2.05, 4.69) is 229 Å². The summed E-state index contributed by atoms with van der Waals surface area (Å²) in [4.78, 5) is 2.37. The molecule has 12 aromatic rings. The summed E-state index contributed by atoms with van der Waals surface area (Å²) in [5.41, 5.74) is 14.6. The van der Waals surface area contributed by atoms with Gasteiger partial charge in [0.1, 0.15) is 11.2 Å². The average Bonchev–Trinajstić information content (AvgIpc) is 3.91. The monoisotopic (exact) mass is 795 g/mol. The van der Waals surface area contributed by atoms with Crippen LogP contribution in [0.5, 0.6) is 0 Å². The first kappa shape index (κ1) is 35.2. The third-order valence-corrected chi connectivity index (χ3v) is 13.2. The van der Waals surface area contributed by atoms with Gasteiger partial charge in [-0.05, 0) is 111 Å². The van der Waals surface area contributed by atoms with Crippen LogP contribution in [0.1, 0.15) is 0 Å². The normalized spacial score (nSPS) is 11.6. The van der Waals surface area contributed by atoms with Crippen LogP contribution in [0.25, 0.3) is 97.4 Å². The second-order valence-corrected chi connectivity index (χ2v) is 16.8. The van der Waals surface area contributed by atoms with Gasteiger partial charge in [-0.3, -0.25) is 0 Å². The summed E-state index contributed by atoms with van der Waals surface area (Å²) < 4.78 is 9.23. The third kappa shape index (κ3) is 6.18. The van der Waals surface area contributed by atoms with Crippen molar-refractivity contribution in [3.63, 3.8) is 0 Å². The molecular weight excluding hydrogens is 759 g/mol. The molecule has 0 fully saturated rings. The van der Waals surface area contributed by atoms with E-state index in [1.807, 2.05) is 11.3 Å². The Morgan fingerprint density at radius 1 is 0.328 bits per heavy atom. The van der Waals surface area contributed by atoms with Crippen molar-refractivity contribution in [2.45, 2.75) is 0 Å². The van der Waals surface area contributed by atoms with Gasteiger partial charge in [0, 0.05) is 53.4 Å². The van der Waals surface area contributed by atoms with E-state index in [0.717, 1.165) is 55.5 Å². The number of thiophene rings is 1. The van der Waals surface area contributed by atoms with E-state index in [-0.39, 0.29) is 0 Å². The molecule has 0 saturated carbocycles. The fourth-order valence-corrected chi connectivity index (χ4v) is 10.2. The topological polar surface area (TPSA) is 16.4 Å². The summed E-state index contributed by atoms with van der Waals surface area (Å²) >= 11 is 1.86. The Kier molecular flexibility index (Phi) is 8.39. The van der Waals surface area contributed by atoms with Gasteiger partial charge in [0.15, 0.2) is 0 Å². The van der Waals surface area contributed by atoms with Crippen LogP contribution < -0.4 is 4.90 Å². The van der Waals surface area contributed by atoms with Crippen LogP contribution in [0.15, 0.2) is 229 Å². The van der Waals surface area contributed by atoms with Crippen molar-refractivity contribution in [1.29, 1.82) is 0 Å². The Balaban J connectivity index is 0.949. The van der Waals surface area contributed by atoms with E-state index < -0.39 is 0 Å². The van der Waals surface area contributed by atoms with Gasteiger partial charge in [-0.1, -0.05) is 164 Å². The number of nitrogens with zero attached hydrogens (tertiary/aromatic N) is 1. The molecule has 0 bridgehead atoms. The van der Waals surface area contributed by atoms with Crippen molar-refractivity contribution in [1.82, 2.24) is 0 Å². The predicted octanol–water partition coefficient (Wildman–Crippen LogP) is 17.2. The Hall–Kier alpha value is -7.72. The molecule has 3 heteroatoms. The molecule has 0 N–H and O–H groups in total. The fourth-order valence-electron chi connectivity index (χ4n) is 9.05. The Morgan fingerprint density at radius 2 is 0.885 bits per heavy atom. The maximum Gasteiger partial charge on any atom is 0.143 e. The molecule has 0 saturated heterocycles. The molecular formula is C58H37NOS. The summed E-state index contributed by atoms with van der Waals surface area (Å²) in [6.45, 7) is 0. The van der Waals surface area contributed by atoms with E-state index in [9.17, 15) is 0 Å². The van der Waals surface area contributed by atoms with Crippen LogP contribution in [0, 0.1) is 0 Å². The molecule has 12 rings (SSSR count). The van der Waals surface area contributed by atoms with Crippen molar-refractivity contribution >= 4 is 81.3 Å². The van der Waals surface area contributed by atoms with Gasteiger partial charge in [-0.25, -0.2) is 0 Å². The van der Waals surface area contributed by atoms with E-state index in [0.29, 0.717) is 0 Å². The van der Waals surface area contributed by atoms with Gasteiger partial charge in [-0.15, -0.1) is 11.3 Å². The standard InChI is InChI=1S/C58H37NOS/c1-2-10-38(11-3-1)39-20-22-40(23-21-39)41-24-30-46(31-25-41)59(47-32-26-42(27-33-47)44-29-34-52-51-16-6-7-19-55(51)61-56(52)37-44)48-14-8-13-45(36-48)49-17-9-18-54-57(49)53-35-28-43-12-4-5-15-50(43)58(53)60-54/h1-37H. The smallest absolute Gasteiger partial charge is 0.143 e. The Morgan fingerprint density at radius 3 is 1.64 bits per heavy atom. The molecule has 0 aliphatic heterocycles. The van der Waals surface area contributed by atoms with Crippen molar-refractivity contribution < 1.29 is 4.42 Å². The van der Waals surface area contributed by atoms with E-state index in [1.165, 1.54) is 58.9 Å². The lowest BCUT2D eigenvalue weighted by Crippen LogP contribution is -2.10. The molecule has 2 heterocycles. The van der Waals surface area contributed by atoms with Gasteiger partial charge < -0.3 is 9.32 Å². The highest BCUT2D eigenvalue weighted by molar-refractivity contribution is 7.25. The summed E-state index contributed by atoms with van der Waals surface area (Å²) in [5, 5.41) is 7.20. The first-order chi connectivity index (χ1) is 30.2. The van der Waals surface area contributed by atoms with E-state index in [1.54, 1.807) is 0 Å². The lowest BCUT2D eigenvalue weighted by molar-refractivity contribution is 0.673. The largest absolute Gasteiger partial charge is 0.455 e. The SMILES string of the molecule is c1ccc(-c2ccc(-c3ccc(N(c4ccc(-c5ccc6c(c5)sc5ccccc56)cc4)c4cccc(-c5cccc6oc7c8ccccc8ccc7c56)c4)cc3)cc2)cc1. The van der Waals surface area contributed by atoms with Crippen LogP contribution in [0.3, 0.4) is 0 Å². The molecule has 2 nitrogen and oxygen atoms in total. The first-order valence-corrected chi connectivity index (χ1v) is 21.5. The zero-order chi connectivity index (χ0) is 40.3. The fraction of sp³-hybridized carbons (Fsp3) is 0. The van der Waals surface area contributed by atoms with Gasteiger partial charge >= 0.3 is 0 Å². The molecule has 0 amide bonds. The number of hydrogen-bond acceptors (Lipinski definition) is 3. The van der Waals surface area contributed by atoms with Gasteiger partial charge in [0.05, 0.1) is 0 Å². The average molecular weight is 796 g/mol. The van der Waals surface area contributed by atoms with Crippen LogP contribution in [0.4, 0.5) is 17.1 Å². The molecule has 0 unspecified atom stereocenters. The second-order valence-electron chi connectivity index (χ2n) is 15.7. The van der Waals surface area contributed by atoms with Crippen molar-refractivity contribution in [3.8, 4) is 44.5 Å². The highest BCUT2D eigenvalue weighted by Crippen LogP contribution is 2.43. The first-order valence-electron chi connectivity index (χ1n) is 20.7. The third-order valence-electron chi connectivity index (χ3n) is 12.1. The summed E-state index contributed by atoms with van der Waals surface area (Å²) in [6.07, 6.45) is 0. The van der Waals surface area contributed by atoms with Crippen molar-refractivity contribution in [2.75, 3.05) is 4.90 Å². The predicted molar refractivity (Wildman–Crippen MR) is 261 cm³/mol. The molecule has 0 spiro atoms. The Labute approximate surface area is 357 Å². The molecule has 286 valence electrons. The van der Waals surface area contributed by atoms with Gasteiger partial charge in [-0.2, -0.15) is 0 Å². The molecule has 10 aromatic carbocycles. The number of anilines is 3. The van der Waals surface area contributed by atoms with E-state index in [4.69, 9.17) is 4.42 Å². The zero-order valence-corrected chi connectivity index (χ0v) is 33.9. The highest BCUT2D eigenvalue weighted by atomic mass is 32.1. The van der Waals surface area contributed by atoms with Gasteiger partial charge in [0.25, 0.3) is 0 Å². The van der Waals surface area contributed by atoms with Crippen molar-refractivity contribution in [3.05, 3.63) is 224 Å². The van der Waals surface area contributed by atoms with Crippen LogP contribution in [0.2, 0.25) is 0 Å². The summed E-state index contributed by atoms with van der Waals surface area (Å²) in [5.74, 6) is 0. The number of furan rings is 1. The minimum atomic E-state index is 0.892. The second kappa shape index (κ2) is 14.5. The van der Waals surface area contributed by atoms with Crippen molar-refractivity contribution in [2.24, 2.45) is 0 Å². The Bertz CT molecular complexity index is 3560. The zero-order valence-electron chi connectivity index (χ0n) is 33.1. The van der Waals surface area contributed by atoms with Crippen LogP contribution in [-0.2, 0) is 0 Å². The molecule has 61 heavy (non-hydrogen) atoms. The molecule has 0 atom stereocenters. The molecule has 2 aromatic heterocycles. The molecule has 0 aliphatic carbocycles. The van der Waals surface area contributed by atoms with Crippen LogP contribution in [-0.4, -0.2) is 0 Å². The maximum absolute atomic E-state index is 6.60. The van der Waals surface area contributed by atoms with Gasteiger partial charge in [0.2, 0.25) is 0 Å². The van der Waals surface area contributed by atoms with E-state index >= 15 is 0 Å². The lowest BCUT2D eigenvalue weighted by atomic mass is 9.97. The number of hydrogen-bond donors (Lipinski definition) is 0. The number of benzene rings is 10. The quantitative estimate of drug-likeness (QED) is 0.160. The molecule has 0 radical (unpaired) electrons. The highest BCUT2D eigenvalue weighted by Gasteiger charge is 2.18. The minimum absolute atomic E-state index is 0.892. The summed E-state index contributed by atoms with van der Waals surface area (Å²) in [6, 6.07) is 81.1. The lowest BCUT2D eigenvalue weighted by Gasteiger charge is -2.26. The molecule has 0 aliphatic rings. The van der Waals surface area contributed by atoms with Crippen LogP contribution >= 0.6 is 11.3 Å². The number of rotatable bonds is 7. The maximum atomic E-state index is 6.60. The summed E-state index contributed by atoms with van der Waals surface area (Å²) in [7, 11) is 0.